The first-order valence-electron chi connectivity index (χ1n) is 6.87. The fraction of sp³-hybridized carbons (Fsp3) is 0.714. The van der Waals surface area contributed by atoms with Crippen LogP contribution in [0.25, 0.3) is 0 Å². The Labute approximate surface area is 116 Å². The van der Waals surface area contributed by atoms with Crippen molar-refractivity contribution in [3.05, 3.63) is 0 Å². The predicted molar refractivity (Wildman–Crippen MR) is 86.7 cm³/mol. The molecule has 0 aromatic rings. The number of nitrogens with zero attached hydrogens (tertiary/aromatic N) is 2. The Morgan fingerprint density at radius 1 is 0.722 bits per heavy atom. The van der Waals surface area contributed by atoms with Crippen LogP contribution in [0.1, 0.15) is 27.7 Å². The summed E-state index contributed by atoms with van der Waals surface area (Å²) in [6.45, 7) is 17.3. The zero-order chi connectivity index (χ0) is 14.4. The molecule has 0 saturated heterocycles. The van der Waals surface area contributed by atoms with Gasteiger partial charge in [0, 0.05) is 0 Å². The minimum Gasteiger partial charge on any atom is -0.315 e. The Kier molecular flexibility index (Phi) is 6.95. The maximum Gasteiger partial charge on any atom is 0.226 e. The lowest BCUT2D eigenvalue weighted by Crippen LogP contribution is -2.75. The summed E-state index contributed by atoms with van der Waals surface area (Å²) in [5.74, 6) is 0. The summed E-state index contributed by atoms with van der Waals surface area (Å²) >= 11 is 0. The van der Waals surface area contributed by atoms with E-state index in [0.29, 0.717) is 0 Å². The Bertz CT molecular complexity index is 303. The van der Waals surface area contributed by atoms with Gasteiger partial charge >= 0.3 is 0 Å². The van der Waals surface area contributed by atoms with Crippen molar-refractivity contribution in [2.24, 2.45) is 0 Å². The average molecular weight is 281 g/mol. The molecule has 0 rings (SSSR count). The highest BCUT2D eigenvalue weighted by molar-refractivity contribution is 7.45. The maximum atomic E-state index is 5.95. The maximum absolute atomic E-state index is 5.95. The van der Waals surface area contributed by atoms with Crippen LogP contribution in [0.4, 0.5) is 0 Å². The van der Waals surface area contributed by atoms with Crippen LogP contribution in [0.2, 0.25) is 13.1 Å². The number of terminal acetylenes is 2. The quantitative estimate of drug-likeness (QED) is 0.521. The Morgan fingerprint density at radius 3 is 1.06 bits per heavy atom. The molecule has 0 spiro atoms. The first kappa shape index (κ1) is 17.5. The molecule has 0 aromatic heterocycles. The predicted octanol–water partition coefficient (Wildman–Crippen LogP) is 2.24. The van der Waals surface area contributed by atoms with Crippen molar-refractivity contribution in [2.75, 3.05) is 26.2 Å². The second kappa shape index (κ2) is 7.16. The fourth-order valence-corrected chi connectivity index (χ4v) is 14.8. The van der Waals surface area contributed by atoms with Gasteiger partial charge in [0.15, 0.2) is 0 Å². The summed E-state index contributed by atoms with van der Waals surface area (Å²) < 4.78 is 4.94. The molecule has 2 nitrogen and oxygen atoms in total. The molecule has 0 radical (unpaired) electrons. The number of hydrogen-bond donors (Lipinski definition) is 0. The van der Waals surface area contributed by atoms with Crippen LogP contribution >= 0.6 is 0 Å². The summed E-state index contributed by atoms with van der Waals surface area (Å²) in [7, 11) is -4.04. The van der Waals surface area contributed by atoms with E-state index in [1.165, 1.54) is 0 Å². The summed E-state index contributed by atoms with van der Waals surface area (Å²) in [6.07, 6.45) is 11.9. The van der Waals surface area contributed by atoms with Crippen LogP contribution in [-0.4, -0.2) is 50.8 Å². The van der Waals surface area contributed by atoms with E-state index in [1.54, 1.807) is 0 Å². The van der Waals surface area contributed by atoms with Gasteiger partial charge in [-0.2, -0.15) is 0 Å². The zero-order valence-corrected chi connectivity index (χ0v) is 14.9. The Hall–Kier alpha value is -0.526. The minimum atomic E-state index is -2.02. The van der Waals surface area contributed by atoms with Gasteiger partial charge in [-0.3, -0.25) is 0 Å². The zero-order valence-electron chi connectivity index (χ0n) is 12.9. The van der Waals surface area contributed by atoms with E-state index in [-0.39, 0.29) is 0 Å². The van der Waals surface area contributed by atoms with Crippen molar-refractivity contribution >= 4 is 15.5 Å². The van der Waals surface area contributed by atoms with Crippen molar-refractivity contribution in [1.82, 2.24) is 9.13 Å². The van der Waals surface area contributed by atoms with E-state index in [9.17, 15) is 0 Å². The van der Waals surface area contributed by atoms with Gasteiger partial charge in [-0.1, -0.05) is 27.7 Å². The molecule has 2 unspecified atom stereocenters. The molecular weight excluding hydrogens is 252 g/mol. The summed E-state index contributed by atoms with van der Waals surface area (Å²) in [5, 5.41) is 0. The minimum absolute atomic E-state index is 0.995. The highest BCUT2D eigenvalue weighted by Crippen LogP contribution is 2.25. The number of hydrogen-bond acceptors (Lipinski definition) is 2. The lowest BCUT2D eigenvalue weighted by molar-refractivity contribution is 0.454. The second-order valence-corrected chi connectivity index (χ2v) is 16.8. The molecule has 0 aromatic carbocycles. The van der Waals surface area contributed by atoms with Crippen LogP contribution in [0.3, 0.4) is 0 Å². The fourth-order valence-electron chi connectivity index (χ4n) is 2.79. The Morgan fingerprint density at radius 2 is 0.944 bits per heavy atom. The van der Waals surface area contributed by atoms with E-state index in [0.717, 1.165) is 26.2 Å². The molecule has 0 saturated carbocycles. The molecule has 4 heteroatoms. The van der Waals surface area contributed by atoms with Crippen molar-refractivity contribution in [3.8, 4) is 23.9 Å². The van der Waals surface area contributed by atoms with Crippen LogP contribution < -0.4 is 0 Å². The van der Waals surface area contributed by atoms with Crippen LogP contribution in [-0.2, 0) is 0 Å². The highest BCUT2D eigenvalue weighted by atomic mass is 29.3. The molecule has 102 valence electrons. The monoisotopic (exact) mass is 280 g/mol. The Balaban J connectivity index is 5.74. The topological polar surface area (TPSA) is 6.48 Å². The molecule has 0 amide bonds. The third kappa shape index (κ3) is 2.73. The van der Waals surface area contributed by atoms with Crippen molar-refractivity contribution < 1.29 is 0 Å². The van der Waals surface area contributed by atoms with Gasteiger partial charge in [-0.15, -0.1) is 23.9 Å². The SMILES string of the molecule is C#C[Si](C)(N(CC)CC)[Si](C)(C#C)N(CC)CC. The third-order valence-corrected chi connectivity index (χ3v) is 19.6. The smallest absolute Gasteiger partial charge is 0.226 e. The first-order chi connectivity index (χ1) is 8.41. The van der Waals surface area contributed by atoms with Gasteiger partial charge in [0.2, 0.25) is 15.5 Å². The van der Waals surface area contributed by atoms with Gasteiger partial charge in [0.1, 0.15) is 0 Å². The standard InChI is InChI=1S/C14H28N2Si2/c1-9-15(10-2)17(7,13-5)18(8,14-6)16(11-3)12-4/h5-6H,9-12H2,1-4,7-8H3. The van der Waals surface area contributed by atoms with E-state index in [1.807, 2.05) is 0 Å². The molecule has 0 fully saturated rings. The van der Waals surface area contributed by atoms with E-state index < -0.39 is 15.5 Å². The second-order valence-electron chi connectivity index (χ2n) is 4.78. The van der Waals surface area contributed by atoms with Crippen molar-refractivity contribution in [1.29, 1.82) is 0 Å². The summed E-state index contributed by atoms with van der Waals surface area (Å²) in [5.41, 5.74) is 6.33. The first-order valence-corrected chi connectivity index (χ1v) is 12.8. The van der Waals surface area contributed by atoms with Gasteiger partial charge in [-0.25, -0.2) is 0 Å². The van der Waals surface area contributed by atoms with E-state index in [4.69, 9.17) is 12.8 Å². The molecule has 0 aliphatic heterocycles. The summed E-state index contributed by atoms with van der Waals surface area (Å²) in [6, 6.07) is 0. The molecule has 2 atom stereocenters. The lowest BCUT2D eigenvalue weighted by atomic mass is 10.7. The van der Waals surface area contributed by atoms with Crippen molar-refractivity contribution in [3.63, 3.8) is 0 Å². The molecule has 0 bridgehead atoms. The van der Waals surface area contributed by atoms with Gasteiger partial charge < -0.3 is 9.13 Å². The average Bonchev–Trinajstić information content (AvgIpc) is 2.40. The molecule has 0 aliphatic carbocycles. The van der Waals surface area contributed by atoms with Crippen molar-refractivity contribution in [2.45, 2.75) is 40.8 Å². The molecule has 0 heterocycles. The molecular formula is C14H28N2Si2. The number of rotatable bonds is 7. The van der Waals surface area contributed by atoms with Crippen LogP contribution in [0.15, 0.2) is 0 Å². The van der Waals surface area contributed by atoms with Crippen LogP contribution in [0.5, 0.6) is 0 Å². The molecule has 0 N–H and O–H groups in total. The van der Waals surface area contributed by atoms with E-state index >= 15 is 0 Å². The lowest BCUT2D eigenvalue weighted by Gasteiger charge is -2.48. The van der Waals surface area contributed by atoms with Gasteiger partial charge in [0.05, 0.1) is 0 Å². The van der Waals surface area contributed by atoms with E-state index in [2.05, 4.69) is 61.0 Å². The molecule has 18 heavy (non-hydrogen) atoms. The highest BCUT2D eigenvalue weighted by Gasteiger charge is 2.54. The largest absolute Gasteiger partial charge is 0.315 e. The van der Waals surface area contributed by atoms with Crippen LogP contribution in [0, 0.1) is 23.9 Å². The van der Waals surface area contributed by atoms with Gasteiger partial charge in [0.25, 0.3) is 0 Å². The van der Waals surface area contributed by atoms with Gasteiger partial charge in [-0.05, 0) is 39.3 Å². The normalized spacial score (nSPS) is 17.9. The third-order valence-electron chi connectivity index (χ3n) is 4.30. The molecule has 0 aliphatic rings. The summed E-state index contributed by atoms with van der Waals surface area (Å²) in [4.78, 5) is 0.